The minimum atomic E-state index is -0.142. The highest BCUT2D eigenvalue weighted by Crippen LogP contribution is 2.20. The largest absolute Gasteiger partial charge is 0.349 e. The molecular weight excluding hydrogens is 360 g/mol. The molecule has 5 heteroatoms. The summed E-state index contributed by atoms with van der Waals surface area (Å²) in [5, 5.41) is 0. The number of nitrogens with zero attached hydrogens (tertiary/aromatic N) is 4. The second kappa shape index (κ2) is 9.32. The zero-order valence-corrected chi connectivity index (χ0v) is 17.5. The Hall–Kier alpha value is -3.21. The van der Waals surface area contributed by atoms with Crippen LogP contribution in [0.15, 0.2) is 67.0 Å². The van der Waals surface area contributed by atoms with Gasteiger partial charge in [0, 0.05) is 24.8 Å². The van der Waals surface area contributed by atoms with Crippen molar-refractivity contribution < 1.29 is 4.79 Å². The van der Waals surface area contributed by atoms with Gasteiger partial charge in [-0.05, 0) is 51.0 Å². The number of anilines is 2. The monoisotopic (exact) mass is 388 g/mol. The first-order valence-electron chi connectivity index (χ1n) is 10.0. The highest BCUT2D eigenvalue weighted by molar-refractivity contribution is 6.04. The Morgan fingerprint density at radius 3 is 2.34 bits per heavy atom. The lowest BCUT2D eigenvalue weighted by molar-refractivity contribution is 0.0983. The maximum atomic E-state index is 13.0. The van der Waals surface area contributed by atoms with Crippen molar-refractivity contribution in [1.82, 2.24) is 9.97 Å². The van der Waals surface area contributed by atoms with E-state index in [9.17, 15) is 4.79 Å². The molecule has 0 N–H and O–H groups in total. The van der Waals surface area contributed by atoms with Crippen LogP contribution in [0.2, 0.25) is 0 Å². The van der Waals surface area contributed by atoms with Gasteiger partial charge in [-0.25, -0.2) is 9.97 Å². The van der Waals surface area contributed by atoms with Gasteiger partial charge in [-0.2, -0.15) is 0 Å². The molecule has 29 heavy (non-hydrogen) atoms. The number of aromatic nitrogens is 2. The van der Waals surface area contributed by atoms with Gasteiger partial charge < -0.3 is 9.80 Å². The van der Waals surface area contributed by atoms with Crippen molar-refractivity contribution >= 4 is 17.4 Å². The van der Waals surface area contributed by atoms with Gasteiger partial charge in [0.15, 0.2) is 0 Å². The van der Waals surface area contributed by atoms with Crippen LogP contribution in [0.25, 0.3) is 0 Å². The van der Waals surface area contributed by atoms with Gasteiger partial charge in [0.25, 0.3) is 5.91 Å². The maximum Gasteiger partial charge on any atom is 0.278 e. The van der Waals surface area contributed by atoms with Gasteiger partial charge >= 0.3 is 0 Å². The summed E-state index contributed by atoms with van der Waals surface area (Å²) in [7, 11) is 0. The van der Waals surface area contributed by atoms with Crippen LogP contribution in [0.3, 0.4) is 0 Å². The van der Waals surface area contributed by atoms with E-state index in [1.54, 1.807) is 17.3 Å². The molecule has 0 atom stereocenters. The van der Waals surface area contributed by atoms with E-state index in [2.05, 4.69) is 40.8 Å². The summed E-state index contributed by atoms with van der Waals surface area (Å²) in [6, 6.07) is 18.5. The zero-order valence-electron chi connectivity index (χ0n) is 17.5. The van der Waals surface area contributed by atoms with Gasteiger partial charge in [0.05, 0.1) is 12.4 Å². The van der Waals surface area contributed by atoms with E-state index in [0.717, 1.165) is 23.6 Å². The molecule has 0 aliphatic carbocycles. The SMILES string of the molecule is CCN(C(=O)c1cnc(N(Cc2ccccc2)C(C)C)cn1)c1cccc(C)c1. The van der Waals surface area contributed by atoms with Gasteiger partial charge in [-0.15, -0.1) is 0 Å². The van der Waals surface area contributed by atoms with Crippen molar-refractivity contribution in [3.8, 4) is 0 Å². The predicted octanol–water partition coefficient (Wildman–Crippen LogP) is 4.87. The van der Waals surface area contributed by atoms with Gasteiger partial charge in [-0.3, -0.25) is 4.79 Å². The molecule has 0 saturated heterocycles. The fraction of sp³-hybridized carbons (Fsp3) is 0.292. The third-order valence-electron chi connectivity index (χ3n) is 4.85. The lowest BCUT2D eigenvalue weighted by Crippen LogP contribution is -2.33. The first kappa shape index (κ1) is 20.5. The van der Waals surface area contributed by atoms with E-state index in [4.69, 9.17) is 0 Å². The van der Waals surface area contributed by atoms with Crippen LogP contribution in [0.1, 0.15) is 42.4 Å². The van der Waals surface area contributed by atoms with E-state index in [0.29, 0.717) is 12.2 Å². The molecule has 1 aromatic heterocycles. The van der Waals surface area contributed by atoms with Crippen LogP contribution >= 0.6 is 0 Å². The molecule has 0 radical (unpaired) electrons. The molecule has 150 valence electrons. The fourth-order valence-electron chi connectivity index (χ4n) is 3.27. The number of amides is 1. The van der Waals surface area contributed by atoms with E-state index in [1.165, 1.54) is 5.56 Å². The number of rotatable bonds is 7. The Morgan fingerprint density at radius 2 is 1.76 bits per heavy atom. The molecule has 0 bridgehead atoms. The summed E-state index contributed by atoms with van der Waals surface area (Å²) in [6.45, 7) is 9.54. The van der Waals surface area contributed by atoms with Crippen LogP contribution in [-0.4, -0.2) is 28.5 Å². The molecular formula is C24H28N4O. The molecule has 0 fully saturated rings. The highest BCUT2D eigenvalue weighted by atomic mass is 16.2. The Balaban J connectivity index is 1.81. The summed E-state index contributed by atoms with van der Waals surface area (Å²) in [5.41, 5.74) is 3.54. The molecule has 1 amide bonds. The van der Waals surface area contributed by atoms with Crippen LogP contribution < -0.4 is 9.80 Å². The van der Waals surface area contributed by atoms with E-state index in [1.807, 2.05) is 56.3 Å². The Morgan fingerprint density at radius 1 is 1.00 bits per heavy atom. The first-order valence-corrected chi connectivity index (χ1v) is 10.0. The molecule has 3 aromatic rings. The van der Waals surface area contributed by atoms with E-state index >= 15 is 0 Å². The highest BCUT2D eigenvalue weighted by Gasteiger charge is 2.19. The number of hydrogen-bond acceptors (Lipinski definition) is 4. The smallest absolute Gasteiger partial charge is 0.278 e. The summed E-state index contributed by atoms with van der Waals surface area (Å²) in [6.07, 6.45) is 3.27. The maximum absolute atomic E-state index is 13.0. The zero-order chi connectivity index (χ0) is 20.8. The second-order valence-corrected chi connectivity index (χ2v) is 7.36. The standard InChI is InChI=1S/C24H28N4O/c1-5-27(21-13-9-10-19(4)14-21)24(29)22-15-26-23(16-25-22)28(18(2)3)17-20-11-7-6-8-12-20/h6-16,18H,5,17H2,1-4H3. The minimum absolute atomic E-state index is 0.142. The quantitative estimate of drug-likeness (QED) is 0.580. The molecule has 5 nitrogen and oxygen atoms in total. The lowest BCUT2D eigenvalue weighted by Gasteiger charge is -2.28. The van der Waals surface area contributed by atoms with Crippen LogP contribution in [0.4, 0.5) is 11.5 Å². The van der Waals surface area contributed by atoms with Crippen molar-refractivity contribution in [2.24, 2.45) is 0 Å². The molecule has 1 heterocycles. The number of aryl methyl sites for hydroxylation is 1. The van der Waals surface area contributed by atoms with E-state index < -0.39 is 0 Å². The number of carbonyl (C=O) groups excluding carboxylic acids is 1. The van der Waals surface area contributed by atoms with Crippen molar-refractivity contribution in [1.29, 1.82) is 0 Å². The number of carbonyl (C=O) groups is 1. The third kappa shape index (κ3) is 4.99. The summed E-state index contributed by atoms with van der Waals surface area (Å²) in [5.74, 6) is 0.621. The molecule has 0 saturated carbocycles. The summed E-state index contributed by atoms with van der Waals surface area (Å²) >= 11 is 0. The average molecular weight is 389 g/mol. The summed E-state index contributed by atoms with van der Waals surface area (Å²) in [4.78, 5) is 25.9. The van der Waals surface area contributed by atoms with Gasteiger partial charge in [0.2, 0.25) is 0 Å². The first-order chi connectivity index (χ1) is 14.0. The Kier molecular flexibility index (Phi) is 6.60. The van der Waals surface area contributed by atoms with Gasteiger partial charge in [-0.1, -0.05) is 42.5 Å². The molecule has 0 unspecified atom stereocenters. The van der Waals surface area contributed by atoms with Crippen molar-refractivity contribution in [3.05, 3.63) is 83.8 Å². The Labute approximate surface area is 173 Å². The van der Waals surface area contributed by atoms with Crippen molar-refractivity contribution in [2.75, 3.05) is 16.3 Å². The molecule has 3 rings (SSSR count). The third-order valence-corrected chi connectivity index (χ3v) is 4.85. The van der Waals surface area contributed by atoms with E-state index in [-0.39, 0.29) is 11.9 Å². The topological polar surface area (TPSA) is 49.3 Å². The van der Waals surface area contributed by atoms with Gasteiger partial charge in [0.1, 0.15) is 11.5 Å². The van der Waals surface area contributed by atoms with Crippen LogP contribution in [-0.2, 0) is 6.54 Å². The fourth-order valence-corrected chi connectivity index (χ4v) is 3.27. The summed E-state index contributed by atoms with van der Waals surface area (Å²) < 4.78 is 0. The normalized spacial score (nSPS) is 10.8. The molecule has 0 aliphatic rings. The van der Waals surface area contributed by atoms with Crippen LogP contribution in [0.5, 0.6) is 0 Å². The molecule has 0 spiro atoms. The number of hydrogen-bond donors (Lipinski definition) is 0. The average Bonchev–Trinajstić information content (AvgIpc) is 2.73. The minimum Gasteiger partial charge on any atom is -0.349 e. The predicted molar refractivity (Wildman–Crippen MR) is 118 cm³/mol. The molecule has 2 aromatic carbocycles. The molecule has 0 aliphatic heterocycles. The van der Waals surface area contributed by atoms with Crippen LogP contribution in [0, 0.1) is 6.92 Å². The lowest BCUT2D eigenvalue weighted by atomic mass is 10.2. The van der Waals surface area contributed by atoms with Crippen molar-refractivity contribution in [2.45, 2.75) is 40.3 Å². The van der Waals surface area contributed by atoms with Crippen molar-refractivity contribution in [3.63, 3.8) is 0 Å². The number of benzene rings is 2. The Bertz CT molecular complexity index is 939. The second-order valence-electron chi connectivity index (χ2n) is 7.36.